The van der Waals surface area contributed by atoms with Crippen LogP contribution >= 0.6 is 0 Å². The Morgan fingerprint density at radius 1 is 0.319 bits per heavy atom. The number of carbonyl (C=O) groups excluding carboxylic acids is 2. The van der Waals surface area contributed by atoms with Gasteiger partial charge >= 0.3 is 0 Å². The fourth-order valence-corrected chi connectivity index (χ4v) is 7.97. The molecule has 0 aliphatic carbocycles. The quantitative estimate of drug-likeness (QED) is 0.0361. The van der Waals surface area contributed by atoms with Crippen molar-refractivity contribution in [2.75, 3.05) is 0 Å². The van der Waals surface area contributed by atoms with Crippen molar-refractivity contribution in [2.24, 2.45) is 0 Å². The van der Waals surface area contributed by atoms with Crippen LogP contribution in [0, 0.1) is 116 Å². The molecule has 370 valence electrons. The Hall–Kier alpha value is -8.05. The van der Waals surface area contributed by atoms with E-state index in [1.54, 1.807) is 41.2 Å². The predicted octanol–water partition coefficient (Wildman–Crippen LogP) is 10.1. The lowest BCUT2D eigenvalue weighted by molar-refractivity contribution is -0.683. The second-order valence-electron chi connectivity index (χ2n) is 15.2. The van der Waals surface area contributed by atoms with Crippen molar-refractivity contribution in [1.82, 2.24) is 0 Å². The van der Waals surface area contributed by atoms with Crippen LogP contribution in [0.5, 0.6) is 0 Å². The molecule has 0 radical (unpaired) electrons. The zero-order valence-corrected chi connectivity index (χ0v) is 34.8. The van der Waals surface area contributed by atoms with E-state index in [9.17, 15) is 62.3 Å². The third-order valence-electron chi connectivity index (χ3n) is 11.3. The van der Waals surface area contributed by atoms with Crippen LogP contribution in [0.15, 0.2) is 97.3 Å². The molecule has 0 fully saturated rings. The average molecular weight is 1030 g/mol. The highest BCUT2D eigenvalue weighted by atomic mass is 19.2. The summed E-state index contributed by atoms with van der Waals surface area (Å²) < 4.78 is 296. The summed E-state index contributed by atoms with van der Waals surface area (Å²) in [6.07, 6.45) is -3.67. The molecule has 0 saturated heterocycles. The van der Waals surface area contributed by atoms with E-state index in [0.717, 1.165) is 10.8 Å². The van der Waals surface area contributed by atoms with E-state index in [4.69, 9.17) is 0 Å². The fourth-order valence-electron chi connectivity index (χ4n) is 7.97. The van der Waals surface area contributed by atoms with Crippen molar-refractivity contribution in [3.05, 3.63) is 230 Å². The molecule has 0 amide bonds. The van der Waals surface area contributed by atoms with Crippen molar-refractivity contribution >= 4 is 50.3 Å². The number of ketones is 2. The third-order valence-corrected chi connectivity index (χ3v) is 11.3. The van der Waals surface area contributed by atoms with Gasteiger partial charge in [0.1, 0.15) is 52.7 Å². The number of hydrogen-bond donors (Lipinski definition) is 0. The molecule has 72 heavy (non-hydrogen) atoms. The summed E-state index contributed by atoms with van der Waals surface area (Å²) in [5.74, 6) is -71.4. The number of halogens is 20. The van der Waals surface area contributed by atoms with Gasteiger partial charge in [-0.3, -0.25) is 9.59 Å². The van der Waals surface area contributed by atoms with Crippen LogP contribution in [-0.4, -0.2) is 17.7 Å². The Kier molecular flexibility index (Phi) is 14.1. The standard InChI is InChI=1S/C24BF20.C24H18NO2/c26-5-1(6(27)14(35)21(42)13(5)34)25(2-7(28)15(36)22(43)16(37)8(2)29,3-9(30)17(38)23(44)18(39)10(3)31)4-11(32)19(40)24(45)20(41)12(4)33;26-23(19-7-2-1-3-8-19)17-25-14-12-20(13-15-25)24(27)22-11-10-18-6-4-5-9-21(18)16-22/h;1-16H,17H2/q-1;+1. The number of rotatable bonds is 9. The summed E-state index contributed by atoms with van der Waals surface area (Å²) in [4.78, 5) is 25.1. The molecule has 0 aliphatic rings. The van der Waals surface area contributed by atoms with E-state index >= 15 is 35.1 Å². The van der Waals surface area contributed by atoms with E-state index in [-0.39, 0.29) is 18.1 Å². The van der Waals surface area contributed by atoms with Crippen molar-refractivity contribution in [3.63, 3.8) is 0 Å². The second kappa shape index (κ2) is 19.6. The molecular formula is C48H18BF20NO2. The first kappa shape index (κ1) is 51.8. The van der Waals surface area contributed by atoms with Crippen molar-refractivity contribution < 1.29 is 102 Å². The normalized spacial score (nSPS) is 11.5. The third kappa shape index (κ3) is 8.36. The summed E-state index contributed by atoms with van der Waals surface area (Å²) in [6.45, 7) is 0.245. The Labute approximate surface area is 388 Å². The molecule has 0 N–H and O–H groups in total. The van der Waals surface area contributed by atoms with Crippen LogP contribution in [0.3, 0.4) is 0 Å². The van der Waals surface area contributed by atoms with E-state index in [0.29, 0.717) is 16.7 Å². The van der Waals surface area contributed by atoms with Gasteiger partial charge < -0.3 is 0 Å². The molecule has 0 bridgehead atoms. The van der Waals surface area contributed by atoms with Gasteiger partial charge in [0.15, 0.2) is 88.0 Å². The Morgan fingerprint density at radius 3 is 0.972 bits per heavy atom. The van der Waals surface area contributed by atoms with Crippen LogP contribution in [0.2, 0.25) is 0 Å². The molecule has 0 aliphatic heterocycles. The molecule has 24 heteroatoms. The van der Waals surface area contributed by atoms with Gasteiger partial charge in [0.05, 0.1) is 0 Å². The van der Waals surface area contributed by atoms with Gasteiger partial charge in [-0.25, -0.2) is 87.8 Å². The molecule has 3 nitrogen and oxygen atoms in total. The maximum Gasteiger partial charge on any atom is 0.227 e. The van der Waals surface area contributed by atoms with Gasteiger partial charge in [0.2, 0.25) is 12.3 Å². The summed E-state index contributed by atoms with van der Waals surface area (Å²) in [6, 6.07) is 26.4. The minimum Gasteiger partial charge on any atom is -0.289 e. The highest BCUT2D eigenvalue weighted by Gasteiger charge is 2.52. The maximum atomic E-state index is 15.4. The monoisotopic (exact) mass is 1030 g/mol. The number of fused-ring (bicyclic) bond motifs is 1. The van der Waals surface area contributed by atoms with Crippen molar-refractivity contribution in [2.45, 2.75) is 6.54 Å². The number of hydrogen-bond acceptors (Lipinski definition) is 2. The molecule has 0 saturated carbocycles. The number of nitrogens with zero attached hydrogens (tertiary/aromatic N) is 1. The zero-order valence-electron chi connectivity index (χ0n) is 34.8. The zero-order chi connectivity index (χ0) is 53.0. The van der Waals surface area contributed by atoms with Crippen LogP contribution in [0.4, 0.5) is 87.8 Å². The molecular weight excluding hydrogens is 1010 g/mol. The first-order valence-electron chi connectivity index (χ1n) is 19.7. The molecule has 0 atom stereocenters. The lowest BCUT2D eigenvalue weighted by atomic mass is 9.12. The smallest absolute Gasteiger partial charge is 0.227 e. The Morgan fingerprint density at radius 2 is 0.625 bits per heavy atom. The van der Waals surface area contributed by atoms with Gasteiger partial charge in [0.25, 0.3) is 0 Å². The van der Waals surface area contributed by atoms with Gasteiger partial charge in [-0.1, -0.05) is 66.7 Å². The highest BCUT2D eigenvalue weighted by Crippen LogP contribution is 2.31. The van der Waals surface area contributed by atoms with E-state index in [1.165, 1.54) is 0 Å². The molecule has 8 aromatic rings. The molecule has 7 aromatic carbocycles. The van der Waals surface area contributed by atoms with Gasteiger partial charge in [0, 0.05) is 28.8 Å². The van der Waals surface area contributed by atoms with E-state index < -0.39 is 144 Å². The minimum absolute atomic E-state index is 0.0257. The van der Waals surface area contributed by atoms with E-state index in [1.807, 2.05) is 60.7 Å². The number of Topliss-reactive ketones (excluding diaryl/α,β-unsaturated/α-hetero) is 1. The van der Waals surface area contributed by atoms with Crippen molar-refractivity contribution in [3.8, 4) is 0 Å². The minimum atomic E-state index is -7.22. The largest absolute Gasteiger partial charge is 0.289 e. The number of aromatic nitrogens is 1. The van der Waals surface area contributed by atoms with Crippen LogP contribution in [0.25, 0.3) is 10.8 Å². The number of benzene rings is 7. The van der Waals surface area contributed by atoms with Crippen LogP contribution < -0.4 is 26.4 Å². The Balaban J connectivity index is 0.000000238. The van der Waals surface area contributed by atoms with Gasteiger partial charge in [-0.2, -0.15) is 4.57 Å². The van der Waals surface area contributed by atoms with Crippen LogP contribution in [0.1, 0.15) is 26.3 Å². The fraction of sp³-hybridized carbons (Fsp3) is 0.0208. The molecule has 1 aromatic heterocycles. The number of pyridine rings is 1. The second-order valence-corrected chi connectivity index (χ2v) is 15.2. The first-order valence-corrected chi connectivity index (χ1v) is 19.7. The molecule has 8 rings (SSSR count). The first-order chi connectivity index (χ1) is 33.9. The molecule has 0 unspecified atom stereocenters. The summed E-state index contributed by atoms with van der Waals surface area (Å²) in [7, 11) is 0. The topological polar surface area (TPSA) is 38.0 Å². The number of carbonyl (C=O) groups is 2. The van der Waals surface area contributed by atoms with Crippen LogP contribution in [-0.2, 0) is 6.54 Å². The molecule has 0 spiro atoms. The molecule has 1 heterocycles. The maximum absolute atomic E-state index is 15.4. The van der Waals surface area contributed by atoms with Gasteiger partial charge in [-0.15, -0.1) is 21.9 Å². The predicted molar refractivity (Wildman–Crippen MR) is 214 cm³/mol. The van der Waals surface area contributed by atoms with Gasteiger partial charge in [-0.05, 0) is 16.8 Å². The summed E-state index contributed by atoms with van der Waals surface area (Å²) >= 11 is 0. The summed E-state index contributed by atoms with van der Waals surface area (Å²) in [5.41, 5.74) is -12.4. The van der Waals surface area contributed by atoms with E-state index in [2.05, 4.69) is 0 Å². The lowest BCUT2D eigenvalue weighted by Gasteiger charge is -2.44. The average Bonchev–Trinajstić information content (AvgIpc) is 3.38. The lowest BCUT2D eigenvalue weighted by Crippen LogP contribution is -2.81. The van der Waals surface area contributed by atoms with Crippen molar-refractivity contribution in [1.29, 1.82) is 0 Å². The summed E-state index contributed by atoms with van der Waals surface area (Å²) in [5, 5.41) is 2.15. The SMILES string of the molecule is Fc1c(F)c(F)c([B-](c2c(F)c(F)c(F)c(F)c2F)(c2c(F)c(F)c(F)c(F)c2F)c2c(F)c(F)c(F)c(F)c2F)c(F)c1F.O=C(C[n+]1ccc(C(=O)c2ccc3ccccc3c2)cc1)c1ccccc1. The highest BCUT2D eigenvalue weighted by molar-refractivity contribution is 7.20. The Bertz CT molecular complexity index is 3160.